The van der Waals surface area contributed by atoms with Gasteiger partial charge in [-0.3, -0.25) is 9.79 Å². The van der Waals surface area contributed by atoms with Crippen LogP contribution in [0.4, 0.5) is 0 Å². The standard InChI is InChI=1S/C20H25NO2/c1-4-8-14-11-12-20(5-2,13-17(22)23-3)19-18(14)15-9-6-7-10-16(15)21-19/h4,6-7,10,14H,1,5,8-9,11-13H2,2-3H3. The van der Waals surface area contributed by atoms with Gasteiger partial charge >= 0.3 is 5.97 Å². The number of allylic oxidation sites excluding steroid dienone is 6. The lowest BCUT2D eigenvalue weighted by Gasteiger charge is -2.41. The van der Waals surface area contributed by atoms with Crippen molar-refractivity contribution in [2.75, 3.05) is 7.11 Å². The highest BCUT2D eigenvalue weighted by molar-refractivity contribution is 6.11. The Morgan fingerprint density at radius 2 is 2.39 bits per heavy atom. The van der Waals surface area contributed by atoms with Gasteiger partial charge in [0.2, 0.25) is 0 Å². The van der Waals surface area contributed by atoms with E-state index in [1.807, 2.05) is 6.08 Å². The van der Waals surface area contributed by atoms with Gasteiger partial charge in [-0.15, -0.1) is 6.58 Å². The molecule has 122 valence electrons. The molecule has 0 aromatic carbocycles. The van der Waals surface area contributed by atoms with Crippen LogP contribution >= 0.6 is 0 Å². The lowest BCUT2D eigenvalue weighted by molar-refractivity contribution is -0.142. The monoisotopic (exact) mass is 311 g/mol. The molecule has 0 amide bonds. The SMILES string of the molecule is C=CCC1CCC(CC)(CC(=O)OC)C2=NC3=CC=CCC3=C21. The number of rotatable bonds is 5. The molecule has 3 aliphatic rings. The third-order valence-electron chi connectivity index (χ3n) is 5.55. The predicted octanol–water partition coefficient (Wildman–Crippen LogP) is 4.53. The molecule has 1 saturated carbocycles. The highest BCUT2D eigenvalue weighted by atomic mass is 16.5. The second-order valence-electron chi connectivity index (χ2n) is 6.68. The molecule has 1 fully saturated rings. The number of hydrogen-bond acceptors (Lipinski definition) is 3. The van der Waals surface area contributed by atoms with E-state index in [0.717, 1.165) is 43.5 Å². The molecule has 0 N–H and O–H groups in total. The van der Waals surface area contributed by atoms with Crippen LogP contribution in [-0.4, -0.2) is 18.8 Å². The molecule has 23 heavy (non-hydrogen) atoms. The molecular weight excluding hydrogens is 286 g/mol. The van der Waals surface area contributed by atoms with Crippen molar-refractivity contribution in [2.24, 2.45) is 16.3 Å². The fraction of sp³-hybridized carbons (Fsp3) is 0.500. The molecule has 2 aliphatic carbocycles. The van der Waals surface area contributed by atoms with Crippen LogP contribution < -0.4 is 0 Å². The third kappa shape index (κ3) is 2.62. The first-order valence-corrected chi connectivity index (χ1v) is 8.52. The van der Waals surface area contributed by atoms with E-state index in [9.17, 15) is 4.79 Å². The van der Waals surface area contributed by atoms with Crippen molar-refractivity contribution in [2.45, 2.75) is 45.4 Å². The normalized spacial score (nSPS) is 28.7. The van der Waals surface area contributed by atoms with Gasteiger partial charge in [-0.2, -0.15) is 0 Å². The fourth-order valence-electron chi connectivity index (χ4n) is 4.21. The number of hydrogen-bond donors (Lipinski definition) is 0. The number of aliphatic imine (C=N–C) groups is 1. The Balaban J connectivity index is 2.06. The first kappa shape index (κ1) is 16.0. The van der Waals surface area contributed by atoms with E-state index in [1.54, 1.807) is 0 Å². The molecule has 1 heterocycles. The minimum Gasteiger partial charge on any atom is -0.469 e. The zero-order chi connectivity index (χ0) is 16.4. The van der Waals surface area contributed by atoms with Gasteiger partial charge in [0, 0.05) is 5.41 Å². The minimum absolute atomic E-state index is 0.136. The molecule has 2 unspecified atom stereocenters. The lowest BCUT2D eigenvalue weighted by Crippen LogP contribution is -2.40. The number of esters is 1. The summed E-state index contributed by atoms with van der Waals surface area (Å²) in [7, 11) is 1.47. The molecule has 0 spiro atoms. The third-order valence-corrected chi connectivity index (χ3v) is 5.55. The molecule has 0 saturated heterocycles. The zero-order valence-electron chi connectivity index (χ0n) is 14.1. The number of carbonyl (C=O) groups excluding carboxylic acids is 1. The Kier molecular flexibility index (Phi) is 4.38. The summed E-state index contributed by atoms with van der Waals surface area (Å²) in [6.45, 7) is 6.09. The fourth-order valence-corrected chi connectivity index (χ4v) is 4.21. The molecule has 0 aromatic heterocycles. The van der Waals surface area contributed by atoms with E-state index < -0.39 is 0 Å². The Bertz CT molecular complexity index is 651. The summed E-state index contributed by atoms with van der Waals surface area (Å²) in [6.07, 6.45) is 13.7. The van der Waals surface area contributed by atoms with Gasteiger partial charge in [0.25, 0.3) is 0 Å². The highest BCUT2D eigenvalue weighted by Gasteiger charge is 2.47. The Morgan fingerprint density at radius 1 is 1.57 bits per heavy atom. The van der Waals surface area contributed by atoms with Gasteiger partial charge in [0.1, 0.15) is 0 Å². The molecular formula is C20H25NO2. The van der Waals surface area contributed by atoms with Crippen LogP contribution in [0.1, 0.15) is 45.4 Å². The number of nitrogens with zero attached hydrogens (tertiary/aromatic N) is 1. The maximum absolute atomic E-state index is 12.0. The summed E-state index contributed by atoms with van der Waals surface area (Å²) in [6, 6.07) is 0. The van der Waals surface area contributed by atoms with Crippen LogP contribution in [0, 0.1) is 11.3 Å². The summed E-state index contributed by atoms with van der Waals surface area (Å²) in [5.41, 5.74) is 4.81. The maximum Gasteiger partial charge on any atom is 0.306 e. The quantitative estimate of drug-likeness (QED) is 0.553. The Morgan fingerprint density at radius 3 is 3.09 bits per heavy atom. The van der Waals surface area contributed by atoms with Crippen LogP contribution in [0.15, 0.2) is 52.7 Å². The van der Waals surface area contributed by atoms with Crippen molar-refractivity contribution in [3.63, 3.8) is 0 Å². The van der Waals surface area contributed by atoms with Crippen molar-refractivity contribution in [1.29, 1.82) is 0 Å². The molecule has 0 aromatic rings. The second kappa shape index (κ2) is 6.31. The van der Waals surface area contributed by atoms with Crippen molar-refractivity contribution in [1.82, 2.24) is 0 Å². The van der Waals surface area contributed by atoms with Crippen molar-refractivity contribution in [3.05, 3.63) is 47.7 Å². The second-order valence-corrected chi connectivity index (χ2v) is 6.68. The summed E-state index contributed by atoms with van der Waals surface area (Å²) in [4.78, 5) is 17.0. The molecule has 3 rings (SSSR count). The summed E-state index contributed by atoms with van der Waals surface area (Å²) < 4.78 is 4.97. The van der Waals surface area contributed by atoms with E-state index >= 15 is 0 Å². The van der Waals surface area contributed by atoms with E-state index in [4.69, 9.17) is 9.73 Å². The average Bonchev–Trinajstić information content (AvgIpc) is 2.97. The molecule has 0 bridgehead atoms. The smallest absolute Gasteiger partial charge is 0.306 e. The molecule has 3 heteroatoms. The van der Waals surface area contributed by atoms with Crippen molar-refractivity contribution >= 4 is 11.7 Å². The number of ether oxygens (including phenoxy) is 1. The van der Waals surface area contributed by atoms with Gasteiger partial charge in [0.05, 0.1) is 24.9 Å². The van der Waals surface area contributed by atoms with E-state index in [-0.39, 0.29) is 11.4 Å². The van der Waals surface area contributed by atoms with Crippen LogP contribution in [0.3, 0.4) is 0 Å². The predicted molar refractivity (Wildman–Crippen MR) is 93.2 cm³/mol. The average molecular weight is 311 g/mol. The zero-order valence-corrected chi connectivity index (χ0v) is 14.1. The van der Waals surface area contributed by atoms with Crippen LogP contribution in [-0.2, 0) is 9.53 Å². The number of methoxy groups -OCH3 is 1. The summed E-state index contributed by atoms with van der Waals surface area (Å²) in [5.74, 6) is 0.346. The van der Waals surface area contributed by atoms with Gasteiger partial charge < -0.3 is 4.74 Å². The molecule has 0 radical (unpaired) electrons. The van der Waals surface area contributed by atoms with Crippen LogP contribution in [0.5, 0.6) is 0 Å². The summed E-state index contributed by atoms with van der Waals surface area (Å²) in [5, 5.41) is 0. The van der Waals surface area contributed by atoms with E-state index in [0.29, 0.717) is 12.3 Å². The number of carbonyl (C=O) groups is 1. The Hall–Kier alpha value is -1.90. The maximum atomic E-state index is 12.0. The first-order chi connectivity index (χ1) is 11.1. The van der Waals surface area contributed by atoms with Crippen LogP contribution in [0.2, 0.25) is 0 Å². The van der Waals surface area contributed by atoms with Gasteiger partial charge in [0.15, 0.2) is 0 Å². The highest BCUT2D eigenvalue weighted by Crippen LogP contribution is 2.51. The Labute approximate surface area is 138 Å². The molecule has 1 aliphatic heterocycles. The lowest BCUT2D eigenvalue weighted by atomic mass is 9.62. The van der Waals surface area contributed by atoms with Crippen molar-refractivity contribution < 1.29 is 9.53 Å². The largest absolute Gasteiger partial charge is 0.469 e. The topological polar surface area (TPSA) is 38.7 Å². The molecule has 2 atom stereocenters. The van der Waals surface area contributed by atoms with Crippen molar-refractivity contribution in [3.8, 4) is 0 Å². The molecule has 3 nitrogen and oxygen atoms in total. The minimum atomic E-state index is -0.175. The van der Waals surface area contributed by atoms with E-state index in [2.05, 4.69) is 31.7 Å². The van der Waals surface area contributed by atoms with Gasteiger partial charge in [-0.1, -0.05) is 25.2 Å². The van der Waals surface area contributed by atoms with Gasteiger partial charge in [-0.25, -0.2) is 0 Å². The van der Waals surface area contributed by atoms with E-state index in [1.165, 1.54) is 18.3 Å². The van der Waals surface area contributed by atoms with Gasteiger partial charge in [-0.05, 0) is 55.2 Å². The van der Waals surface area contributed by atoms with Crippen LogP contribution in [0.25, 0.3) is 0 Å². The summed E-state index contributed by atoms with van der Waals surface area (Å²) >= 11 is 0. The first-order valence-electron chi connectivity index (χ1n) is 8.52. The number of fused-ring (bicyclic) bond motifs is 2.